The Labute approximate surface area is 422 Å². The van der Waals surface area contributed by atoms with E-state index in [1.165, 1.54) is 96.3 Å². The van der Waals surface area contributed by atoms with Crippen LogP contribution in [0, 0.1) is 0 Å². The molecule has 2 rings (SSSR count). The molecule has 14 heteroatoms. The van der Waals surface area contributed by atoms with Crippen LogP contribution in [-0.2, 0) is 33.2 Å². The zero-order chi connectivity index (χ0) is 50.9. The molecule has 408 valence electrons. The SMILES string of the molecule is CCCCC/C=C\C/C=C\C/C=C\CCCCCCCCC(=O)OC(COCCCCCCCC/C=C\CCCCCCCCC)COC1OC(COC2OC(CO)C(O)C(O)C2O)C(O)C(O)C1O. The van der Waals surface area contributed by atoms with Crippen molar-refractivity contribution >= 4 is 5.97 Å². The van der Waals surface area contributed by atoms with Crippen LogP contribution in [0.3, 0.4) is 0 Å². The van der Waals surface area contributed by atoms with Gasteiger partial charge in [-0.05, 0) is 77.0 Å². The third kappa shape index (κ3) is 30.2. The molecule has 0 aromatic rings. The van der Waals surface area contributed by atoms with Crippen molar-refractivity contribution in [2.45, 2.75) is 268 Å². The predicted octanol–water partition coefficient (Wildman–Crippen LogP) is 9.13. The number of carbonyl (C=O) groups excluding carboxylic acids is 1. The Morgan fingerprint density at radius 3 is 1.43 bits per heavy atom. The lowest BCUT2D eigenvalue weighted by Gasteiger charge is -2.42. The lowest BCUT2D eigenvalue weighted by Crippen LogP contribution is -2.61. The monoisotopic (exact) mass is 997 g/mol. The van der Waals surface area contributed by atoms with Crippen LogP contribution in [-0.4, -0.2) is 142 Å². The van der Waals surface area contributed by atoms with Gasteiger partial charge in [-0.15, -0.1) is 0 Å². The van der Waals surface area contributed by atoms with Crippen LogP contribution in [0.15, 0.2) is 48.6 Å². The van der Waals surface area contributed by atoms with Gasteiger partial charge < -0.3 is 64.2 Å². The van der Waals surface area contributed by atoms with Gasteiger partial charge in [-0.25, -0.2) is 0 Å². The minimum atomic E-state index is -1.71. The Hall–Kier alpha value is -2.05. The number of hydrogen-bond acceptors (Lipinski definition) is 14. The molecule has 0 amide bonds. The maximum atomic E-state index is 13.0. The number of rotatable bonds is 44. The summed E-state index contributed by atoms with van der Waals surface area (Å²) in [5, 5.41) is 72.2. The highest BCUT2D eigenvalue weighted by Crippen LogP contribution is 2.26. The molecule has 7 N–H and O–H groups in total. The van der Waals surface area contributed by atoms with Crippen LogP contribution < -0.4 is 0 Å². The first-order valence-corrected chi connectivity index (χ1v) is 27.7. The van der Waals surface area contributed by atoms with Crippen LogP contribution in [0.1, 0.15) is 200 Å². The van der Waals surface area contributed by atoms with Crippen molar-refractivity contribution in [1.29, 1.82) is 0 Å². The molecule has 0 aromatic carbocycles. The molecule has 11 unspecified atom stereocenters. The van der Waals surface area contributed by atoms with E-state index in [0.717, 1.165) is 77.0 Å². The minimum Gasteiger partial charge on any atom is -0.457 e. The minimum absolute atomic E-state index is 0.0514. The van der Waals surface area contributed by atoms with Gasteiger partial charge >= 0.3 is 5.97 Å². The molecular weight excluding hydrogens is 897 g/mol. The number of carbonyl (C=O) groups is 1. The molecule has 0 aromatic heterocycles. The zero-order valence-electron chi connectivity index (χ0n) is 43.5. The number of allylic oxidation sites excluding steroid dienone is 8. The molecule has 0 bridgehead atoms. The summed E-state index contributed by atoms with van der Waals surface area (Å²) < 4.78 is 34.3. The molecule has 14 nitrogen and oxygen atoms in total. The average Bonchev–Trinajstić information content (AvgIpc) is 3.36. The Bertz CT molecular complexity index is 1340. The molecule has 2 saturated heterocycles. The Morgan fingerprint density at radius 1 is 0.471 bits per heavy atom. The fourth-order valence-electron chi connectivity index (χ4n) is 8.52. The summed E-state index contributed by atoms with van der Waals surface area (Å²) in [6, 6.07) is 0. The van der Waals surface area contributed by atoms with Crippen molar-refractivity contribution in [1.82, 2.24) is 0 Å². The van der Waals surface area contributed by atoms with Gasteiger partial charge in [0.25, 0.3) is 0 Å². The normalized spacial score (nSPS) is 25.8. The molecular formula is C56H100O14. The predicted molar refractivity (Wildman–Crippen MR) is 275 cm³/mol. The second-order valence-electron chi connectivity index (χ2n) is 19.4. The fraction of sp³-hybridized carbons (Fsp3) is 0.839. The number of hydrogen-bond donors (Lipinski definition) is 7. The lowest BCUT2D eigenvalue weighted by atomic mass is 9.98. The standard InChI is InChI=1S/C56H100O14/c1-3-5-7-9-11-13-15-17-19-21-22-23-25-27-29-31-33-35-37-39-48(58)68-45(42-65-40-38-36-34-32-30-28-26-24-20-18-16-14-12-10-8-6-4-2)43-66-55-54(64)52(62)50(60)47(70-55)44-67-56-53(63)51(61)49(59)46(41-57)69-56/h11,13,17,19-20,22-24,45-47,49-57,59-64H,3-10,12,14-16,18,21,25-44H2,1-2H3/b13-11-,19-17-,23-22-,24-20-. The van der Waals surface area contributed by atoms with Gasteiger partial charge in [0.1, 0.15) is 54.9 Å². The number of aliphatic hydroxyl groups is 7. The van der Waals surface area contributed by atoms with Gasteiger partial charge in [-0.1, -0.05) is 165 Å². The summed E-state index contributed by atoms with van der Waals surface area (Å²) in [7, 11) is 0. The zero-order valence-corrected chi connectivity index (χ0v) is 43.5. The summed E-state index contributed by atoms with van der Waals surface area (Å²) in [4.78, 5) is 13.0. The average molecular weight is 997 g/mol. The first-order valence-electron chi connectivity index (χ1n) is 27.7. The molecule has 2 fully saturated rings. The Morgan fingerprint density at radius 2 is 0.886 bits per heavy atom. The second-order valence-corrected chi connectivity index (χ2v) is 19.4. The summed E-state index contributed by atoms with van der Waals surface area (Å²) in [6.07, 6.45) is 34.5. The van der Waals surface area contributed by atoms with Crippen molar-refractivity contribution in [2.75, 3.05) is 33.0 Å². The summed E-state index contributed by atoms with van der Waals surface area (Å²) >= 11 is 0. The second kappa shape index (κ2) is 43.4. The lowest BCUT2D eigenvalue weighted by molar-refractivity contribution is -0.332. The maximum absolute atomic E-state index is 13.0. The largest absolute Gasteiger partial charge is 0.457 e. The van der Waals surface area contributed by atoms with E-state index in [9.17, 15) is 40.5 Å². The number of unbranched alkanes of at least 4 members (excludes halogenated alkanes) is 22. The van der Waals surface area contributed by atoms with E-state index in [1.54, 1.807) is 0 Å². The van der Waals surface area contributed by atoms with E-state index in [0.29, 0.717) is 13.0 Å². The smallest absolute Gasteiger partial charge is 0.306 e. The molecule has 0 radical (unpaired) electrons. The molecule has 0 spiro atoms. The van der Waals surface area contributed by atoms with Crippen molar-refractivity contribution in [2.24, 2.45) is 0 Å². The third-order valence-electron chi connectivity index (χ3n) is 13.1. The maximum Gasteiger partial charge on any atom is 0.306 e. The van der Waals surface area contributed by atoms with Crippen LogP contribution in [0.25, 0.3) is 0 Å². The molecule has 2 heterocycles. The van der Waals surface area contributed by atoms with Gasteiger partial charge in [0.2, 0.25) is 0 Å². The van der Waals surface area contributed by atoms with E-state index >= 15 is 0 Å². The molecule has 0 aliphatic carbocycles. The number of esters is 1. The van der Waals surface area contributed by atoms with Crippen LogP contribution in [0.4, 0.5) is 0 Å². The van der Waals surface area contributed by atoms with Crippen LogP contribution in [0.2, 0.25) is 0 Å². The van der Waals surface area contributed by atoms with Gasteiger partial charge in [0.05, 0.1) is 26.4 Å². The van der Waals surface area contributed by atoms with E-state index in [-0.39, 0.29) is 19.6 Å². The van der Waals surface area contributed by atoms with Gasteiger partial charge in [-0.2, -0.15) is 0 Å². The topological polar surface area (TPSA) is 214 Å². The van der Waals surface area contributed by atoms with E-state index in [2.05, 4.69) is 62.5 Å². The third-order valence-corrected chi connectivity index (χ3v) is 13.1. The van der Waals surface area contributed by atoms with Crippen LogP contribution >= 0.6 is 0 Å². The number of aliphatic hydroxyl groups excluding tert-OH is 7. The Balaban J connectivity index is 1.75. The molecule has 2 aliphatic heterocycles. The van der Waals surface area contributed by atoms with E-state index in [4.69, 9.17) is 28.4 Å². The Kier molecular flexibility index (Phi) is 39.7. The van der Waals surface area contributed by atoms with Crippen molar-refractivity contribution in [3.05, 3.63) is 48.6 Å². The van der Waals surface area contributed by atoms with Crippen molar-refractivity contribution in [3.63, 3.8) is 0 Å². The van der Waals surface area contributed by atoms with Gasteiger partial charge in [-0.3, -0.25) is 4.79 Å². The molecule has 11 atom stereocenters. The first kappa shape index (κ1) is 64.1. The quantitative estimate of drug-likeness (QED) is 0.0172. The summed E-state index contributed by atoms with van der Waals surface area (Å²) in [5.74, 6) is -0.390. The highest BCUT2D eigenvalue weighted by atomic mass is 16.7. The van der Waals surface area contributed by atoms with Gasteiger partial charge in [0.15, 0.2) is 12.6 Å². The first-order chi connectivity index (χ1) is 34.1. The van der Waals surface area contributed by atoms with E-state index in [1.807, 2.05) is 0 Å². The molecule has 0 saturated carbocycles. The fourth-order valence-corrected chi connectivity index (χ4v) is 8.52. The highest BCUT2D eigenvalue weighted by Gasteiger charge is 2.47. The molecule has 70 heavy (non-hydrogen) atoms. The van der Waals surface area contributed by atoms with Crippen LogP contribution in [0.5, 0.6) is 0 Å². The highest BCUT2D eigenvalue weighted by molar-refractivity contribution is 5.69. The van der Waals surface area contributed by atoms with Crippen molar-refractivity contribution < 1.29 is 69.0 Å². The summed E-state index contributed by atoms with van der Waals surface area (Å²) in [6.45, 7) is 3.64. The van der Waals surface area contributed by atoms with E-state index < -0.39 is 86.7 Å². The summed E-state index contributed by atoms with van der Waals surface area (Å²) in [5.41, 5.74) is 0. The van der Waals surface area contributed by atoms with Gasteiger partial charge in [0, 0.05) is 13.0 Å². The van der Waals surface area contributed by atoms with Crippen molar-refractivity contribution in [3.8, 4) is 0 Å². The molecule has 2 aliphatic rings. The number of ether oxygens (including phenoxy) is 6.